The topological polar surface area (TPSA) is 76.0 Å². The molecule has 4 rings (SSSR count). The monoisotopic (exact) mass is 408 g/mol. The van der Waals surface area contributed by atoms with Gasteiger partial charge >= 0.3 is 0 Å². The van der Waals surface area contributed by atoms with E-state index >= 15 is 0 Å². The largest absolute Gasteiger partial charge is 0.346 e. The number of rotatable bonds is 3. The second-order valence-electron chi connectivity index (χ2n) is 5.67. The van der Waals surface area contributed by atoms with Gasteiger partial charge in [-0.3, -0.25) is 14.9 Å². The predicted octanol–water partition coefficient (Wildman–Crippen LogP) is 3.36. The highest BCUT2D eigenvalue weighted by atomic mass is 79.9. The summed E-state index contributed by atoms with van der Waals surface area (Å²) >= 11 is 3.33. The summed E-state index contributed by atoms with van der Waals surface area (Å²) in [4.78, 5) is 28.7. The van der Waals surface area contributed by atoms with Crippen LogP contribution in [0.4, 0.5) is 5.82 Å². The van der Waals surface area contributed by atoms with Crippen molar-refractivity contribution < 1.29 is 9.59 Å². The van der Waals surface area contributed by atoms with Crippen molar-refractivity contribution in [1.82, 2.24) is 14.9 Å². The molecule has 0 saturated carbocycles. The lowest BCUT2D eigenvalue weighted by atomic mass is 9.95. The average Bonchev–Trinajstić information content (AvgIpc) is 3.17. The fourth-order valence-electron chi connectivity index (χ4n) is 2.73. The van der Waals surface area contributed by atoms with Gasteiger partial charge in [-0.2, -0.15) is 0 Å². The van der Waals surface area contributed by atoms with Crippen molar-refractivity contribution in [3.8, 4) is 5.69 Å². The van der Waals surface area contributed by atoms with E-state index in [1.807, 2.05) is 47.3 Å². The molecule has 1 aliphatic rings. The van der Waals surface area contributed by atoms with Crippen molar-refractivity contribution in [3.63, 3.8) is 0 Å². The van der Waals surface area contributed by atoms with Crippen LogP contribution in [-0.4, -0.2) is 21.4 Å². The highest BCUT2D eigenvalue weighted by molar-refractivity contribution is 9.10. The number of anilines is 1. The number of imide groups is 1. The molecular weight excluding hydrogens is 396 g/mol. The number of halogens is 1. The molecule has 1 aliphatic heterocycles. The molecule has 0 bridgehead atoms. The smallest absolute Gasteiger partial charge is 0.260 e. The number of benzene rings is 1. The van der Waals surface area contributed by atoms with E-state index in [0.29, 0.717) is 22.5 Å². The summed E-state index contributed by atoms with van der Waals surface area (Å²) in [6, 6.07) is 12.8. The average molecular weight is 409 g/mol. The molecule has 0 radical (unpaired) electrons. The number of nitrogens with zero attached hydrogens (tertiary/aromatic N) is 2. The van der Waals surface area contributed by atoms with Gasteiger partial charge in [0.25, 0.3) is 11.8 Å². The van der Waals surface area contributed by atoms with Gasteiger partial charge in [0.15, 0.2) is 0 Å². The second kappa shape index (κ2) is 6.61. The number of nitrogens with one attached hydrogen (secondary N) is 2. The third-order valence-corrected chi connectivity index (χ3v) is 4.47. The van der Waals surface area contributed by atoms with E-state index in [0.717, 1.165) is 10.2 Å². The van der Waals surface area contributed by atoms with Crippen molar-refractivity contribution in [2.45, 2.75) is 0 Å². The van der Waals surface area contributed by atoms with E-state index < -0.39 is 11.8 Å². The van der Waals surface area contributed by atoms with E-state index in [9.17, 15) is 9.59 Å². The van der Waals surface area contributed by atoms with Gasteiger partial charge < -0.3 is 9.88 Å². The van der Waals surface area contributed by atoms with Crippen LogP contribution in [0, 0.1) is 0 Å². The van der Waals surface area contributed by atoms with Crippen LogP contribution in [0.5, 0.6) is 0 Å². The first kappa shape index (κ1) is 16.3. The van der Waals surface area contributed by atoms with Crippen LogP contribution in [0.25, 0.3) is 11.3 Å². The molecule has 26 heavy (non-hydrogen) atoms. The summed E-state index contributed by atoms with van der Waals surface area (Å²) in [5.41, 5.74) is 2.27. The summed E-state index contributed by atoms with van der Waals surface area (Å²) < 4.78 is 2.77. The van der Waals surface area contributed by atoms with Gasteiger partial charge in [0.05, 0.1) is 5.57 Å². The number of fused-ring (bicyclic) bond motifs is 1. The van der Waals surface area contributed by atoms with Crippen LogP contribution >= 0.6 is 15.9 Å². The predicted molar refractivity (Wildman–Crippen MR) is 102 cm³/mol. The van der Waals surface area contributed by atoms with E-state index in [-0.39, 0.29) is 0 Å². The fourth-order valence-corrected chi connectivity index (χ4v) is 2.97. The third-order valence-electron chi connectivity index (χ3n) is 4.00. The standard InChI is InChI=1S/C19H13BrN4O2/c20-12-3-6-17(21-10-12)22-11-16-15-9-13(24-7-1-2-8-24)4-5-14(15)18(25)23-19(16)26/h1-11H,(H,21,22)(H,23,25,26)/b16-11+. The van der Waals surface area contributed by atoms with E-state index in [2.05, 4.69) is 31.5 Å². The van der Waals surface area contributed by atoms with Crippen molar-refractivity contribution in [2.24, 2.45) is 0 Å². The minimum atomic E-state index is -0.447. The van der Waals surface area contributed by atoms with Gasteiger partial charge in [0, 0.05) is 46.1 Å². The summed E-state index contributed by atoms with van der Waals surface area (Å²) in [6.45, 7) is 0. The number of hydrogen-bond acceptors (Lipinski definition) is 4. The van der Waals surface area contributed by atoms with Gasteiger partial charge in [-0.05, 0) is 58.4 Å². The van der Waals surface area contributed by atoms with Crippen LogP contribution in [-0.2, 0) is 4.79 Å². The van der Waals surface area contributed by atoms with Crippen molar-refractivity contribution in [2.75, 3.05) is 5.32 Å². The summed E-state index contributed by atoms with van der Waals surface area (Å²) in [5.74, 6) is -0.256. The minimum Gasteiger partial charge on any atom is -0.346 e. The normalized spacial score (nSPS) is 14.9. The lowest BCUT2D eigenvalue weighted by Crippen LogP contribution is -2.36. The molecule has 3 aromatic rings. The maximum Gasteiger partial charge on any atom is 0.260 e. The zero-order chi connectivity index (χ0) is 18.1. The van der Waals surface area contributed by atoms with Gasteiger partial charge in [0.1, 0.15) is 5.82 Å². The van der Waals surface area contributed by atoms with E-state index in [4.69, 9.17) is 0 Å². The second-order valence-corrected chi connectivity index (χ2v) is 6.58. The maximum absolute atomic E-state index is 12.4. The number of aromatic nitrogens is 2. The highest BCUT2D eigenvalue weighted by Gasteiger charge is 2.27. The van der Waals surface area contributed by atoms with Crippen LogP contribution in [0.3, 0.4) is 0 Å². The Hall–Kier alpha value is -3.19. The lowest BCUT2D eigenvalue weighted by molar-refractivity contribution is -0.114. The molecule has 2 N–H and O–H groups in total. The van der Waals surface area contributed by atoms with Crippen molar-refractivity contribution >= 4 is 39.1 Å². The Balaban J connectivity index is 1.75. The Morgan fingerprint density at radius 2 is 1.85 bits per heavy atom. The molecule has 0 saturated heterocycles. The number of pyridine rings is 1. The van der Waals surface area contributed by atoms with Gasteiger partial charge in [-0.15, -0.1) is 0 Å². The third kappa shape index (κ3) is 3.04. The van der Waals surface area contributed by atoms with E-state index in [1.165, 1.54) is 0 Å². The van der Waals surface area contributed by atoms with Crippen LogP contribution < -0.4 is 10.6 Å². The van der Waals surface area contributed by atoms with Crippen molar-refractivity contribution in [3.05, 3.63) is 82.9 Å². The van der Waals surface area contributed by atoms with Gasteiger partial charge in [-0.25, -0.2) is 4.98 Å². The number of hydrogen-bond donors (Lipinski definition) is 2. The summed E-state index contributed by atoms with van der Waals surface area (Å²) in [5, 5.41) is 5.37. The Labute approximate surface area is 157 Å². The molecule has 128 valence electrons. The first-order valence-corrected chi connectivity index (χ1v) is 8.63. The number of amides is 2. The summed E-state index contributed by atoms with van der Waals surface area (Å²) in [6.07, 6.45) is 7.03. The zero-order valence-corrected chi connectivity index (χ0v) is 15.0. The van der Waals surface area contributed by atoms with Crippen LogP contribution in [0.2, 0.25) is 0 Å². The maximum atomic E-state index is 12.4. The Kier molecular flexibility index (Phi) is 4.14. The lowest BCUT2D eigenvalue weighted by Gasteiger charge is -2.19. The molecule has 0 spiro atoms. The highest BCUT2D eigenvalue weighted by Crippen LogP contribution is 2.27. The number of carbonyl (C=O) groups is 2. The Morgan fingerprint density at radius 3 is 2.58 bits per heavy atom. The van der Waals surface area contributed by atoms with Crippen molar-refractivity contribution in [1.29, 1.82) is 0 Å². The first-order chi connectivity index (χ1) is 12.6. The molecular formula is C19H13BrN4O2. The molecule has 1 aromatic carbocycles. The Bertz CT molecular complexity index is 1020. The van der Waals surface area contributed by atoms with Gasteiger partial charge in [0.2, 0.25) is 0 Å². The van der Waals surface area contributed by atoms with Crippen LogP contribution in [0.15, 0.2) is 71.7 Å². The molecule has 6 nitrogen and oxygen atoms in total. The minimum absolute atomic E-state index is 0.373. The molecule has 0 fully saturated rings. The molecule has 0 unspecified atom stereocenters. The molecule has 2 aromatic heterocycles. The number of carbonyl (C=O) groups excluding carboxylic acids is 2. The fraction of sp³-hybridized carbons (Fsp3) is 0. The van der Waals surface area contributed by atoms with Gasteiger partial charge in [-0.1, -0.05) is 0 Å². The molecule has 3 heterocycles. The molecule has 2 amide bonds. The zero-order valence-electron chi connectivity index (χ0n) is 13.4. The molecule has 0 atom stereocenters. The SMILES string of the molecule is O=C1NC(=O)c2ccc(-n3cccc3)cc2/C1=C\Nc1ccc(Br)cn1. The quantitative estimate of drug-likeness (QED) is 0.514. The molecule has 7 heteroatoms. The summed E-state index contributed by atoms with van der Waals surface area (Å²) in [7, 11) is 0. The first-order valence-electron chi connectivity index (χ1n) is 7.83. The van der Waals surface area contributed by atoms with E-state index in [1.54, 1.807) is 24.5 Å². The molecule has 0 aliphatic carbocycles. The Morgan fingerprint density at radius 1 is 1.04 bits per heavy atom. The van der Waals surface area contributed by atoms with Crippen LogP contribution in [0.1, 0.15) is 15.9 Å².